The number of anilines is 1. The van der Waals surface area contributed by atoms with Gasteiger partial charge in [0, 0.05) is 37.6 Å². The van der Waals surface area contributed by atoms with Gasteiger partial charge in [-0.05, 0) is 56.3 Å². The standard InChI is InChI=1S/C19H25FN4/c1-3-21-19-22-10-17(11-23-19)13-24-7-6-16(12-24)9-15-4-5-18(20)14(2)8-15/h4-5,8,10-11,16H,3,6-7,9,12-13H2,1-2H3,(H,21,22,23). The fourth-order valence-electron chi connectivity index (χ4n) is 3.33. The van der Waals surface area contributed by atoms with Crippen molar-refractivity contribution in [2.45, 2.75) is 33.2 Å². The minimum Gasteiger partial charge on any atom is -0.355 e. The quantitative estimate of drug-likeness (QED) is 0.882. The number of likely N-dealkylation sites (tertiary alicyclic amines) is 1. The Bertz CT molecular complexity index is 672. The lowest BCUT2D eigenvalue weighted by molar-refractivity contribution is 0.315. The van der Waals surface area contributed by atoms with Crippen molar-refractivity contribution >= 4 is 5.95 Å². The zero-order valence-corrected chi connectivity index (χ0v) is 14.4. The Kier molecular flexibility index (Phi) is 5.41. The van der Waals surface area contributed by atoms with E-state index in [0.717, 1.165) is 43.7 Å². The summed E-state index contributed by atoms with van der Waals surface area (Å²) < 4.78 is 13.4. The van der Waals surface area contributed by atoms with Gasteiger partial charge in [-0.15, -0.1) is 0 Å². The molecule has 3 rings (SSSR count). The third kappa shape index (κ3) is 4.29. The molecule has 0 saturated carbocycles. The number of hydrogen-bond acceptors (Lipinski definition) is 4. The number of nitrogens with zero attached hydrogens (tertiary/aromatic N) is 3. The van der Waals surface area contributed by atoms with Crippen molar-refractivity contribution in [1.82, 2.24) is 14.9 Å². The molecule has 0 radical (unpaired) electrons. The molecule has 1 N–H and O–H groups in total. The summed E-state index contributed by atoms with van der Waals surface area (Å²) in [5, 5.41) is 3.11. The molecule has 128 valence electrons. The second-order valence-corrected chi connectivity index (χ2v) is 6.62. The van der Waals surface area contributed by atoms with Crippen LogP contribution < -0.4 is 5.32 Å². The van der Waals surface area contributed by atoms with E-state index >= 15 is 0 Å². The molecular formula is C19H25FN4. The first-order valence-electron chi connectivity index (χ1n) is 8.66. The molecule has 1 aliphatic rings. The molecule has 2 heterocycles. The molecule has 0 aliphatic carbocycles. The van der Waals surface area contributed by atoms with Crippen LogP contribution in [0.3, 0.4) is 0 Å². The van der Waals surface area contributed by atoms with Gasteiger partial charge in [-0.1, -0.05) is 12.1 Å². The van der Waals surface area contributed by atoms with Crippen LogP contribution in [0.4, 0.5) is 10.3 Å². The summed E-state index contributed by atoms with van der Waals surface area (Å²) in [7, 11) is 0. The van der Waals surface area contributed by atoms with Gasteiger partial charge in [0.15, 0.2) is 0 Å². The van der Waals surface area contributed by atoms with Gasteiger partial charge in [0.25, 0.3) is 0 Å². The van der Waals surface area contributed by atoms with Crippen molar-refractivity contribution in [2.24, 2.45) is 5.92 Å². The first-order chi connectivity index (χ1) is 11.6. The van der Waals surface area contributed by atoms with Gasteiger partial charge in [0.1, 0.15) is 5.82 Å². The van der Waals surface area contributed by atoms with Crippen molar-refractivity contribution in [2.75, 3.05) is 25.0 Å². The molecule has 1 aromatic heterocycles. The van der Waals surface area contributed by atoms with Crippen LogP contribution in [-0.4, -0.2) is 34.5 Å². The normalized spacial score (nSPS) is 18.0. The topological polar surface area (TPSA) is 41.1 Å². The van der Waals surface area contributed by atoms with E-state index in [0.29, 0.717) is 11.9 Å². The van der Waals surface area contributed by atoms with Gasteiger partial charge >= 0.3 is 0 Å². The first kappa shape index (κ1) is 16.8. The van der Waals surface area contributed by atoms with Crippen molar-refractivity contribution < 1.29 is 4.39 Å². The van der Waals surface area contributed by atoms with Crippen LogP contribution in [0, 0.1) is 18.7 Å². The smallest absolute Gasteiger partial charge is 0.222 e. The second-order valence-electron chi connectivity index (χ2n) is 6.62. The fourth-order valence-corrected chi connectivity index (χ4v) is 3.33. The van der Waals surface area contributed by atoms with E-state index in [1.165, 1.54) is 12.0 Å². The maximum absolute atomic E-state index is 13.4. The number of nitrogens with one attached hydrogen (secondary N) is 1. The maximum atomic E-state index is 13.4. The molecule has 4 nitrogen and oxygen atoms in total. The molecule has 0 spiro atoms. The predicted molar refractivity (Wildman–Crippen MR) is 94.4 cm³/mol. The number of aromatic nitrogens is 2. The highest BCUT2D eigenvalue weighted by atomic mass is 19.1. The van der Waals surface area contributed by atoms with E-state index in [1.54, 1.807) is 6.07 Å². The van der Waals surface area contributed by atoms with Gasteiger partial charge in [-0.25, -0.2) is 14.4 Å². The SMILES string of the molecule is CCNc1ncc(CN2CCC(Cc3ccc(F)c(C)c3)C2)cn1. The highest BCUT2D eigenvalue weighted by Crippen LogP contribution is 2.23. The van der Waals surface area contributed by atoms with Crippen molar-refractivity contribution in [1.29, 1.82) is 0 Å². The lowest BCUT2D eigenvalue weighted by Crippen LogP contribution is -2.21. The summed E-state index contributed by atoms with van der Waals surface area (Å²) in [5.74, 6) is 1.21. The lowest BCUT2D eigenvalue weighted by Gasteiger charge is -2.16. The summed E-state index contributed by atoms with van der Waals surface area (Å²) in [4.78, 5) is 11.1. The van der Waals surface area contributed by atoms with E-state index in [9.17, 15) is 4.39 Å². The lowest BCUT2D eigenvalue weighted by atomic mass is 9.97. The van der Waals surface area contributed by atoms with Crippen molar-refractivity contribution in [3.8, 4) is 0 Å². The van der Waals surface area contributed by atoms with Crippen LogP contribution in [0.5, 0.6) is 0 Å². The Labute approximate surface area is 143 Å². The van der Waals surface area contributed by atoms with Gasteiger partial charge in [0.05, 0.1) is 0 Å². The highest BCUT2D eigenvalue weighted by Gasteiger charge is 2.23. The number of aryl methyl sites for hydroxylation is 1. The van der Waals surface area contributed by atoms with Crippen molar-refractivity contribution in [3.63, 3.8) is 0 Å². The Balaban J connectivity index is 1.52. The van der Waals surface area contributed by atoms with E-state index in [1.807, 2.05) is 38.4 Å². The van der Waals surface area contributed by atoms with Gasteiger partial charge in [-0.3, -0.25) is 4.90 Å². The predicted octanol–water partition coefficient (Wildman–Crippen LogP) is 3.42. The zero-order valence-electron chi connectivity index (χ0n) is 14.4. The number of hydrogen-bond donors (Lipinski definition) is 1. The number of rotatable bonds is 6. The summed E-state index contributed by atoms with van der Waals surface area (Å²) >= 11 is 0. The molecule has 1 saturated heterocycles. The summed E-state index contributed by atoms with van der Waals surface area (Å²) in [5.41, 5.74) is 3.12. The molecule has 5 heteroatoms. The molecule has 1 aromatic carbocycles. The minimum atomic E-state index is -0.118. The molecule has 1 fully saturated rings. The van der Waals surface area contributed by atoms with E-state index in [4.69, 9.17) is 0 Å². The van der Waals surface area contributed by atoms with Gasteiger partial charge in [-0.2, -0.15) is 0 Å². The average Bonchev–Trinajstić information content (AvgIpc) is 3.00. The molecule has 0 bridgehead atoms. The fraction of sp³-hybridized carbons (Fsp3) is 0.474. The monoisotopic (exact) mass is 328 g/mol. The van der Waals surface area contributed by atoms with Crippen LogP contribution in [0.2, 0.25) is 0 Å². The summed E-state index contributed by atoms with van der Waals surface area (Å²) in [6, 6.07) is 5.48. The Morgan fingerprint density at radius 2 is 2.04 bits per heavy atom. The molecule has 24 heavy (non-hydrogen) atoms. The van der Waals surface area contributed by atoms with Crippen molar-refractivity contribution in [3.05, 3.63) is 53.1 Å². The van der Waals surface area contributed by atoms with E-state index in [-0.39, 0.29) is 5.82 Å². The van der Waals surface area contributed by atoms with Crippen LogP contribution in [-0.2, 0) is 13.0 Å². The number of halogens is 1. The second kappa shape index (κ2) is 7.71. The highest BCUT2D eigenvalue weighted by molar-refractivity contribution is 5.25. The van der Waals surface area contributed by atoms with Crippen LogP contribution in [0.25, 0.3) is 0 Å². The zero-order chi connectivity index (χ0) is 16.9. The van der Waals surface area contributed by atoms with E-state index < -0.39 is 0 Å². The third-order valence-electron chi connectivity index (χ3n) is 4.56. The molecule has 2 aromatic rings. The molecule has 1 aliphatic heterocycles. The largest absolute Gasteiger partial charge is 0.355 e. The maximum Gasteiger partial charge on any atom is 0.222 e. The summed E-state index contributed by atoms with van der Waals surface area (Å²) in [6.07, 6.45) is 6.02. The molecular weight excluding hydrogens is 303 g/mol. The molecule has 1 atom stereocenters. The average molecular weight is 328 g/mol. The third-order valence-corrected chi connectivity index (χ3v) is 4.56. The first-order valence-corrected chi connectivity index (χ1v) is 8.66. The minimum absolute atomic E-state index is 0.118. The van der Waals surface area contributed by atoms with Crippen LogP contribution >= 0.6 is 0 Å². The van der Waals surface area contributed by atoms with Gasteiger partial charge in [0.2, 0.25) is 5.95 Å². The summed E-state index contributed by atoms with van der Waals surface area (Å²) in [6.45, 7) is 7.76. The van der Waals surface area contributed by atoms with Crippen LogP contribution in [0.15, 0.2) is 30.6 Å². The van der Waals surface area contributed by atoms with Gasteiger partial charge < -0.3 is 5.32 Å². The number of benzene rings is 1. The van der Waals surface area contributed by atoms with Crippen LogP contribution in [0.1, 0.15) is 30.0 Å². The van der Waals surface area contributed by atoms with E-state index in [2.05, 4.69) is 20.2 Å². The molecule has 0 amide bonds. The Morgan fingerprint density at radius 1 is 1.25 bits per heavy atom. The Morgan fingerprint density at radius 3 is 2.75 bits per heavy atom. The molecule has 1 unspecified atom stereocenters. The Hall–Kier alpha value is -2.01.